The molecule has 1 aromatic rings. The van der Waals surface area contributed by atoms with Crippen molar-refractivity contribution >= 4 is 23.4 Å². The second-order valence-electron chi connectivity index (χ2n) is 5.62. The smallest absolute Gasteiger partial charge is 0.231 e. The average Bonchev–Trinajstić information content (AvgIpc) is 2.49. The van der Waals surface area contributed by atoms with Crippen LogP contribution in [0.5, 0.6) is 0 Å². The lowest BCUT2D eigenvalue weighted by atomic mass is 9.83. The average molecular weight is 303 g/mol. The maximum Gasteiger partial charge on any atom is 0.231 e. The summed E-state index contributed by atoms with van der Waals surface area (Å²) in [5, 5.41) is 12.3. The zero-order valence-corrected chi connectivity index (χ0v) is 13.1. The van der Waals surface area contributed by atoms with Crippen LogP contribution in [0.25, 0.3) is 0 Å². The van der Waals surface area contributed by atoms with Crippen molar-refractivity contribution in [3.05, 3.63) is 23.8 Å². The normalized spacial score (nSPS) is 17.0. The van der Waals surface area contributed by atoms with E-state index in [1.165, 1.54) is 11.8 Å². The maximum absolute atomic E-state index is 12.1. The number of carbonyl (C=O) groups is 1. The Labute approximate surface area is 130 Å². The molecule has 0 saturated heterocycles. The van der Waals surface area contributed by atoms with Crippen LogP contribution >= 0.6 is 11.8 Å². The maximum atomic E-state index is 12.1. The number of nitriles is 1. The van der Waals surface area contributed by atoms with Crippen LogP contribution in [0.15, 0.2) is 23.1 Å². The van der Waals surface area contributed by atoms with Crippen molar-refractivity contribution < 1.29 is 4.79 Å². The van der Waals surface area contributed by atoms with E-state index >= 15 is 0 Å². The van der Waals surface area contributed by atoms with Crippen LogP contribution in [-0.2, 0) is 4.79 Å². The fourth-order valence-corrected chi connectivity index (χ4v) is 3.51. The summed E-state index contributed by atoms with van der Waals surface area (Å²) >= 11 is 1.47. The van der Waals surface area contributed by atoms with Crippen molar-refractivity contribution in [2.45, 2.75) is 49.5 Å². The van der Waals surface area contributed by atoms with E-state index in [-0.39, 0.29) is 5.91 Å². The predicted octanol–water partition coefficient (Wildman–Crippen LogP) is 3.01. The van der Waals surface area contributed by atoms with Gasteiger partial charge in [-0.1, -0.05) is 25.3 Å². The summed E-state index contributed by atoms with van der Waals surface area (Å²) in [5.41, 5.74) is 6.92. The third-order valence-electron chi connectivity index (χ3n) is 3.87. The summed E-state index contributed by atoms with van der Waals surface area (Å²) in [6.07, 6.45) is 4.69. The zero-order valence-electron chi connectivity index (χ0n) is 12.3. The first-order chi connectivity index (χ1) is 10.0. The minimum atomic E-state index is -0.652. The van der Waals surface area contributed by atoms with Gasteiger partial charge in [-0.2, -0.15) is 5.26 Å². The number of benzene rings is 1. The van der Waals surface area contributed by atoms with Crippen molar-refractivity contribution in [2.24, 2.45) is 0 Å². The van der Waals surface area contributed by atoms with Gasteiger partial charge in [0.05, 0.1) is 11.8 Å². The second-order valence-corrected chi connectivity index (χ2v) is 6.63. The number of nitrogen functional groups attached to an aromatic ring is 1. The van der Waals surface area contributed by atoms with E-state index in [4.69, 9.17) is 5.73 Å². The lowest BCUT2D eigenvalue weighted by Crippen LogP contribution is -2.49. The Bertz CT molecular complexity index is 559. The molecule has 0 heterocycles. The van der Waals surface area contributed by atoms with Gasteiger partial charge in [0.15, 0.2) is 0 Å². The Morgan fingerprint density at radius 1 is 1.43 bits per heavy atom. The molecule has 5 heteroatoms. The Balaban J connectivity index is 1.93. The van der Waals surface area contributed by atoms with Gasteiger partial charge in [0.2, 0.25) is 5.91 Å². The second kappa shape index (κ2) is 6.86. The Morgan fingerprint density at radius 2 is 2.14 bits per heavy atom. The molecule has 1 aromatic carbocycles. The van der Waals surface area contributed by atoms with Gasteiger partial charge < -0.3 is 11.1 Å². The molecule has 21 heavy (non-hydrogen) atoms. The molecule has 2 rings (SSSR count). The van der Waals surface area contributed by atoms with Gasteiger partial charge in [0.1, 0.15) is 5.54 Å². The van der Waals surface area contributed by atoms with Crippen LogP contribution < -0.4 is 11.1 Å². The number of carbonyl (C=O) groups excluding carboxylic acids is 1. The molecule has 0 unspecified atom stereocenters. The number of anilines is 1. The van der Waals surface area contributed by atoms with E-state index in [2.05, 4.69) is 11.4 Å². The van der Waals surface area contributed by atoms with Gasteiger partial charge in [-0.3, -0.25) is 4.79 Å². The molecule has 1 aliphatic carbocycles. The van der Waals surface area contributed by atoms with Gasteiger partial charge in [-0.25, -0.2) is 0 Å². The number of nitrogens with two attached hydrogens (primary N) is 1. The highest BCUT2D eigenvalue weighted by Gasteiger charge is 2.33. The molecule has 1 amide bonds. The molecule has 112 valence electrons. The Morgan fingerprint density at radius 3 is 2.81 bits per heavy atom. The van der Waals surface area contributed by atoms with E-state index in [1.54, 1.807) is 0 Å². The molecule has 0 aliphatic heterocycles. The molecular formula is C16H21N3OS. The van der Waals surface area contributed by atoms with E-state index in [9.17, 15) is 10.1 Å². The Kier molecular flexibility index (Phi) is 5.13. The molecule has 0 radical (unpaired) electrons. The lowest BCUT2D eigenvalue weighted by molar-refractivity contribution is -0.120. The Hall–Kier alpha value is -1.67. The van der Waals surface area contributed by atoms with Gasteiger partial charge >= 0.3 is 0 Å². The molecular weight excluding hydrogens is 282 g/mol. The van der Waals surface area contributed by atoms with Crippen molar-refractivity contribution in [3.8, 4) is 6.07 Å². The fraction of sp³-hybridized carbons (Fsp3) is 0.500. The standard InChI is InChI=1S/C16H21N3OS/c1-12-5-6-13(18)9-14(12)21-10-15(20)19-16(11-17)7-3-2-4-8-16/h5-6,9H,2-4,7-8,10,18H2,1H3,(H,19,20). The minimum Gasteiger partial charge on any atom is -0.399 e. The number of rotatable bonds is 4. The third kappa shape index (κ3) is 4.15. The number of thioether (sulfide) groups is 1. The first kappa shape index (κ1) is 15.7. The third-order valence-corrected chi connectivity index (χ3v) is 5.03. The number of aryl methyl sites for hydroxylation is 1. The molecule has 1 aliphatic rings. The highest BCUT2D eigenvalue weighted by atomic mass is 32.2. The molecule has 1 fully saturated rings. The predicted molar refractivity (Wildman–Crippen MR) is 85.9 cm³/mol. The molecule has 3 N–H and O–H groups in total. The number of hydrogen-bond acceptors (Lipinski definition) is 4. The van der Waals surface area contributed by atoms with Crippen molar-refractivity contribution in [1.29, 1.82) is 5.26 Å². The van der Waals surface area contributed by atoms with Crippen LogP contribution in [-0.4, -0.2) is 17.2 Å². The molecule has 0 aromatic heterocycles. The summed E-state index contributed by atoms with van der Waals surface area (Å²) in [6.45, 7) is 2.00. The fourth-order valence-electron chi connectivity index (χ4n) is 2.64. The van der Waals surface area contributed by atoms with Crippen LogP contribution in [0, 0.1) is 18.3 Å². The van der Waals surface area contributed by atoms with Crippen molar-refractivity contribution in [3.63, 3.8) is 0 Å². The summed E-state index contributed by atoms with van der Waals surface area (Å²) in [5.74, 6) is 0.235. The zero-order chi connectivity index (χ0) is 15.3. The van der Waals surface area contributed by atoms with Crippen molar-refractivity contribution in [1.82, 2.24) is 5.32 Å². The van der Waals surface area contributed by atoms with Crippen molar-refractivity contribution in [2.75, 3.05) is 11.5 Å². The van der Waals surface area contributed by atoms with Crippen LogP contribution in [0.4, 0.5) is 5.69 Å². The SMILES string of the molecule is Cc1ccc(N)cc1SCC(=O)NC1(C#N)CCCCC1. The monoisotopic (exact) mass is 303 g/mol. The first-order valence-corrected chi connectivity index (χ1v) is 8.24. The van der Waals surface area contributed by atoms with E-state index in [0.29, 0.717) is 11.4 Å². The van der Waals surface area contributed by atoms with Gasteiger partial charge in [0.25, 0.3) is 0 Å². The van der Waals surface area contributed by atoms with Crippen LogP contribution in [0.1, 0.15) is 37.7 Å². The van der Waals surface area contributed by atoms with E-state index < -0.39 is 5.54 Å². The topological polar surface area (TPSA) is 78.9 Å². The van der Waals surface area contributed by atoms with Gasteiger partial charge in [-0.05, 0) is 37.5 Å². The quantitative estimate of drug-likeness (QED) is 0.662. The number of amides is 1. The number of nitrogens with zero attached hydrogens (tertiary/aromatic N) is 1. The molecule has 0 spiro atoms. The molecule has 1 saturated carbocycles. The highest BCUT2D eigenvalue weighted by Crippen LogP contribution is 2.28. The van der Waals surface area contributed by atoms with Gasteiger partial charge in [0, 0.05) is 10.6 Å². The van der Waals surface area contributed by atoms with Crippen LogP contribution in [0.3, 0.4) is 0 Å². The summed E-state index contributed by atoms with van der Waals surface area (Å²) in [6, 6.07) is 7.99. The van der Waals surface area contributed by atoms with E-state index in [1.807, 2.05) is 25.1 Å². The van der Waals surface area contributed by atoms with Gasteiger partial charge in [-0.15, -0.1) is 11.8 Å². The molecule has 0 atom stereocenters. The summed E-state index contributed by atoms with van der Waals surface area (Å²) in [7, 11) is 0. The number of nitrogens with one attached hydrogen (secondary N) is 1. The lowest BCUT2D eigenvalue weighted by Gasteiger charge is -2.31. The first-order valence-electron chi connectivity index (χ1n) is 7.26. The summed E-state index contributed by atoms with van der Waals surface area (Å²) < 4.78 is 0. The summed E-state index contributed by atoms with van der Waals surface area (Å²) in [4.78, 5) is 13.1. The number of hydrogen-bond donors (Lipinski definition) is 2. The largest absolute Gasteiger partial charge is 0.399 e. The molecule has 4 nitrogen and oxygen atoms in total. The molecule has 0 bridgehead atoms. The van der Waals surface area contributed by atoms with E-state index in [0.717, 1.165) is 42.6 Å². The minimum absolute atomic E-state index is 0.0784. The van der Waals surface area contributed by atoms with Crippen LogP contribution in [0.2, 0.25) is 0 Å². The highest BCUT2D eigenvalue weighted by molar-refractivity contribution is 8.00.